The third-order valence-corrected chi connectivity index (χ3v) is 8.04. The molecule has 4 N–H and O–H groups in total. The zero-order valence-corrected chi connectivity index (χ0v) is 22.4. The number of piperidine rings is 1. The minimum atomic E-state index is -0.466. The number of nitrogens with one attached hydrogen (secondary N) is 2. The van der Waals surface area contributed by atoms with Crippen LogP contribution in [0.4, 0.5) is 23.0 Å². The average molecular weight is 517 g/mol. The fraction of sp³-hybridized carbons (Fsp3) is 0.273. The molecule has 198 valence electrons. The molecule has 0 bridgehead atoms. The van der Waals surface area contributed by atoms with Crippen LogP contribution in [0.15, 0.2) is 97.3 Å². The summed E-state index contributed by atoms with van der Waals surface area (Å²) in [5, 5.41) is 6.82. The van der Waals surface area contributed by atoms with Crippen LogP contribution in [0.25, 0.3) is 11.3 Å². The van der Waals surface area contributed by atoms with Gasteiger partial charge in [-0.05, 0) is 92.1 Å². The number of nitrogens with two attached hydrogens (primary N) is 1. The van der Waals surface area contributed by atoms with Crippen LogP contribution in [-0.4, -0.2) is 28.6 Å². The van der Waals surface area contributed by atoms with Crippen molar-refractivity contribution in [3.05, 3.63) is 108 Å². The van der Waals surface area contributed by atoms with E-state index in [-0.39, 0.29) is 0 Å². The van der Waals surface area contributed by atoms with Crippen molar-refractivity contribution < 1.29 is 0 Å². The van der Waals surface area contributed by atoms with Gasteiger partial charge in [0.25, 0.3) is 0 Å². The maximum atomic E-state index is 6.82. The van der Waals surface area contributed by atoms with Crippen molar-refractivity contribution in [1.82, 2.24) is 9.97 Å². The summed E-state index contributed by atoms with van der Waals surface area (Å²) in [6.07, 6.45) is 8.32. The molecular formula is C33H36N6. The predicted octanol–water partition coefficient (Wildman–Crippen LogP) is 6.69. The van der Waals surface area contributed by atoms with E-state index in [9.17, 15) is 0 Å². The predicted molar refractivity (Wildman–Crippen MR) is 161 cm³/mol. The zero-order valence-electron chi connectivity index (χ0n) is 22.4. The summed E-state index contributed by atoms with van der Waals surface area (Å²) >= 11 is 0. The summed E-state index contributed by atoms with van der Waals surface area (Å²) in [5.41, 5.74) is 15.0. The number of nitrogens with zero attached hydrogens (tertiary/aromatic N) is 3. The van der Waals surface area contributed by atoms with Gasteiger partial charge in [-0.3, -0.25) is 0 Å². The molecule has 1 atom stereocenters. The molecule has 6 nitrogen and oxygen atoms in total. The monoisotopic (exact) mass is 516 g/mol. The van der Waals surface area contributed by atoms with E-state index in [2.05, 4.69) is 99.9 Å². The number of aryl methyl sites for hydroxylation is 1. The maximum absolute atomic E-state index is 6.82. The van der Waals surface area contributed by atoms with Crippen LogP contribution in [0.5, 0.6) is 0 Å². The van der Waals surface area contributed by atoms with Crippen LogP contribution in [0.2, 0.25) is 0 Å². The minimum Gasteiger partial charge on any atom is -0.372 e. The molecule has 0 saturated carbocycles. The highest BCUT2D eigenvalue weighted by molar-refractivity contribution is 5.66. The molecule has 1 aliphatic carbocycles. The first-order chi connectivity index (χ1) is 19.1. The Morgan fingerprint density at radius 1 is 0.846 bits per heavy atom. The van der Waals surface area contributed by atoms with Gasteiger partial charge in [0.1, 0.15) is 0 Å². The molecule has 2 heterocycles. The van der Waals surface area contributed by atoms with E-state index in [0.29, 0.717) is 5.95 Å². The normalized spacial score (nSPS) is 18.7. The van der Waals surface area contributed by atoms with Gasteiger partial charge < -0.3 is 21.3 Å². The van der Waals surface area contributed by atoms with Crippen LogP contribution in [-0.2, 0) is 12.8 Å². The Bertz CT molecular complexity index is 1440. The van der Waals surface area contributed by atoms with Crippen molar-refractivity contribution in [3.8, 4) is 11.3 Å². The van der Waals surface area contributed by atoms with Gasteiger partial charge in [-0.25, -0.2) is 9.97 Å². The lowest BCUT2D eigenvalue weighted by atomic mass is 9.77. The van der Waals surface area contributed by atoms with Crippen LogP contribution in [0, 0.1) is 0 Å². The SMILES string of the molecule is C=C(Nc1ccc(-c2ccnc(Nc3ccc(N4CCCCC4)cc3)n2)cc1)C1(N)CCc2ccccc2C1. The first-order valence-corrected chi connectivity index (χ1v) is 13.9. The Labute approximate surface area is 231 Å². The number of anilines is 4. The van der Waals surface area contributed by atoms with E-state index in [1.165, 1.54) is 36.1 Å². The summed E-state index contributed by atoms with van der Waals surface area (Å²) in [6.45, 7) is 6.60. The van der Waals surface area contributed by atoms with Gasteiger partial charge in [-0.1, -0.05) is 43.0 Å². The van der Waals surface area contributed by atoms with Gasteiger partial charge in [-0.15, -0.1) is 0 Å². The molecule has 0 spiro atoms. The van der Waals surface area contributed by atoms with Crippen molar-refractivity contribution in [2.45, 2.75) is 44.1 Å². The molecule has 0 radical (unpaired) electrons. The zero-order chi connectivity index (χ0) is 26.7. The van der Waals surface area contributed by atoms with Crippen LogP contribution in [0.3, 0.4) is 0 Å². The molecule has 1 aromatic heterocycles. The first kappa shape index (κ1) is 25.1. The second-order valence-corrected chi connectivity index (χ2v) is 10.8. The first-order valence-electron chi connectivity index (χ1n) is 13.9. The van der Waals surface area contributed by atoms with Crippen molar-refractivity contribution >= 4 is 23.0 Å². The molecule has 1 aliphatic heterocycles. The average Bonchev–Trinajstić information content (AvgIpc) is 2.98. The van der Waals surface area contributed by atoms with Gasteiger partial charge in [-0.2, -0.15) is 0 Å². The third kappa shape index (κ3) is 5.66. The molecule has 39 heavy (non-hydrogen) atoms. The highest BCUT2D eigenvalue weighted by atomic mass is 15.1. The van der Waals surface area contributed by atoms with Gasteiger partial charge in [0.15, 0.2) is 0 Å². The molecule has 6 rings (SSSR count). The maximum Gasteiger partial charge on any atom is 0.227 e. The number of aromatic nitrogens is 2. The molecule has 1 unspecified atom stereocenters. The molecule has 3 aromatic carbocycles. The van der Waals surface area contributed by atoms with Gasteiger partial charge in [0.2, 0.25) is 5.95 Å². The van der Waals surface area contributed by atoms with Crippen LogP contribution < -0.4 is 21.3 Å². The summed E-state index contributed by atoms with van der Waals surface area (Å²) < 4.78 is 0. The van der Waals surface area contributed by atoms with Crippen molar-refractivity contribution in [2.24, 2.45) is 5.73 Å². The fourth-order valence-electron chi connectivity index (χ4n) is 5.66. The Kier molecular flexibility index (Phi) is 7.03. The second kappa shape index (κ2) is 10.9. The lowest BCUT2D eigenvalue weighted by molar-refractivity contribution is 0.437. The van der Waals surface area contributed by atoms with Crippen LogP contribution in [0.1, 0.15) is 36.8 Å². The summed E-state index contributed by atoms with van der Waals surface area (Å²) in [4.78, 5) is 11.6. The minimum absolute atomic E-state index is 0.466. The Balaban J connectivity index is 1.10. The Hall–Kier alpha value is -4.16. The number of hydrogen-bond acceptors (Lipinski definition) is 6. The smallest absolute Gasteiger partial charge is 0.227 e. The molecular weight excluding hydrogens is 480 g/mol. The summed E-state index contributed by atoms with van der Waals surface area (Å²) in [6, 6.07) is 27.3. The Morgan fingerprint density at radius 3 is 2.33 bits per heavy atom. The molecule has 0 amide bonds. The molecule has 6 heteroatoms. The highest BCUT2D eigenvalue weighted by Gasteiger charge is 2.33. The largest absolute Gasteiger partial charge is 0.372 e. The fourth-order valence-corrected chi connectivity index (χ4v) is 5.66. The molecule has 4 aromatic rings. The van der Waals surface area contributed by atoms with E-state index in [1.807, 2.05) is 6.07 Å². The third-order valence-electron chi connectivity index (χ3n) is 8.04. The van der Waals surface area contributed by atoms with E-state index in [1.54, 1.807) is 6.20 Å². The summed E-state index contributed by atoms with van der Waals surface area (Å²) in [5.74, 6) is 0.580. The van der Waals surface area contributed by atoms with Crippen LogP contribution >= 0.6 is 0 Å². The summed E-state index contributed by atoms with van der Waals surface area (Å²) in [7, 11) is 0. The number of hydrogen-bond donors (Lipinski definition) is 3. The number of benzene rings is 3. The van der Waals surface area contributed by atoms with Crippen molar-refractivity contribution in [1.29, 1.82) is 0 Å². The molecule has 2 aliphatic rings. The molecule has 1 saturated heterocycles. The lowest BCUT2D eigenvalue weighted by Crippen LogP contribution is -2.48. The second-order valence-electron chi connectivity index (χ2n) is 10.8. The quantitative estimate of drug-likeness (QED) is 0.254. The van der Waals surface area contributed by atoms with E-state index < -0.39 is 5.54 Å². The standard InChI is InChI=1S/C33H36N6/c1-24(33(34)19-17-25-7-3-4-8-27(25)23-33)36-28-11-9-26(10-12-28)31-18-20-35-32(38-31)37-29-13-15-30(16-14-29)39-21-5-2-6-22-39/h3-4,7-16,18,20,36H,1-2,5-6,17,19,21-23,34H2,(H,35,37,38). The van der Waals surface area contributed by atoms with E-state index >= 15 is 0 Å². The van der Waals surface area contributed by atoms with Gasteiger partial charge in [0.05, 0.1) is 11.2 Å². The Morgan fingerprint density at radius 2 is 1.56 bits per heavy atom. The van der Waals surface area contributed by atoms with E-state index in [0.717, 1.165) is 60.7 Å². The highest BCUT2D eigenvalue weighted by Crippen LogP contribution is 2.32. The van der Waals surface area contributed by atoms with Gasteiger partial charge >= 0.3 is 0 Å². The topological polar surface area (TPSA) is 79.1 Å². The lowest BCUT2D eigenvalue weighted by Gasteiger charge is -2.37. The molecule has 1 fully saturated rings. The number of fused-ring (bicyclic) bond motifs is 1. The number of rotatable bonds is 7. The van der Waals surface area contributed by atoms with Crippen molar-refractivity contribution in [2.75, 3.05) is 28.6 Å². The van der Waals surface area contributed by atoms with E-state index in [4.69, 9.17) is 10.7 Å². The van der Waals surface area contributed by atoms with Gasteiger partial charge in [0, 0.05) is 47.6 Å². The van der Waals surface area contributed by atoms with Crippen molar-refractivity contribution in [3.63, 3.8) is 0 Å².